The number of aryl methyl sites for hydroxylation is 1. The van der Waals surface area contributed by atoms with E-state index >= 15 is 0 Å². The molecule has 1 aromatic heterocycles. The first-order valence-electron chi connectivity index (χ1n) is 6.99. The smallest absolute Gasteiger partial charge is 0.233 e. The largest absolute Gasteiger partial charge is 0.348 e. The molecule has 0 atom stereocenters. The van der Waals surface area contributed by atoms with Crippen LogP contribution in [0.25, 0.3) is 5.69 Å². The molecule has 1 N–H and O–H groups in total. The summed E-state index contributed by atoms with van der Waals surface area (Å²) in [5.41, 5.74) is 3.70. The predicted molar refractivity (Wildman–Crippen MR) is 85.0 cm³/mol. The molecule has 0 aliphatic heterocycles. The fraction of sp³-hybridized carbons (Fsp3) is 0.312. The van der Waals surface area contributed by atoms with Gasteiger partial charge in [-0.05, 0) is 38.1 Å². The number of anilines is 1. The van der Waals surface area contributed by atoms with Crippen molar-refractivity contribution in [3.63, 3.8) is 0 Å². The molecule has 6 heteroatoms. The van der Waals surface area contributed by atoms with Crippen LogP contribution in [0.3, 0.4) is 0 Å². The molecule has 0 radical (unpaired) electrons. The van der Waals surface area contributed by atoms with Gasteiger partial charge in [0.15, 0.2) is 0 Å². The molecule has 0 unspecified atom stereocenters. The molecule has 0 spiro atoms. The number of carbonyl (C=O) groups is 2. The highest BCUT2D eigenvalue weighted by molar-refractivity contribution is 6.03. The molecule has 0 saturated carbocycles. The number of nitrogens with one attached hydrogen (secondary N) is 1. The van der Waals surface area contributed by atoms with E-state index in [2.05, 4.69) is 10.3 Å². The second-order valence-electron chi connectivity index (χ2n) is 5.35. The van der Waals surface area contributed by atoms with Gasteiger partial charge >= 0.3 is 0 Å². The standard InChI is InChI=1S/C16H20N4O2/c1-11-12(2)20(10-17-11)14-7-5-13(6-8-14)18-15(21)9-16(22)19(3)4/h5-8,10H,9H2,1-4H3,(H,18,21). The lowest BCUT2D eigenvalue weighted by molar-refractivity contribution is -0.132. The number of hydrogen-bond acceptors (Lipinski definition) is 3. The van der Waals surface area contributed by atoms with Crippen molar-refractivity contribution >= 4 is 17.5 Å². The lowest BCUT2D eigenvalue weighted by Crippen LogP contribution is -2.27. The summed E-state index contributed by atoms with van der Waals surface area (Å²) in [4.78, 5) is 28.9. The van der Waals surface area contributed by atoms with Crippen LogP contribution in [0.5, 0.6) is 0 Å². The van der Waals surface area contributed by atoms with E-state index < -0.39 is 0 Å². The third-order valence-electron chi connectivity index (χ3n) is 3.49. The van der Waals surface area contributed by atoms with Crippen LogP contribution < -0.4 is 5.32 Å². The van der Waals surface area contributed by atoms with E-state index in [9.17, 15) is 9.59 Å². The second kappa shape index (κ2) is 6.43. The highest BCUT2D eigenvalue weighted by Crippen LogP contribution is 2.16. The number of nitrogens with zero attached hydrogens (tertiary/aromatic N) is 3. The molecule has 0 aliphatic rings. The minimum Gasteiger partial charge on any atom is -0.348 e. The SMILES string of the molecule is Cc1ncn(-c2ccc(NC(=O)CC(=O)N(C)C)cc2)c1C. The summed E-state index contributed by atoms with van der Waals surface area (Å²) in [5.74, 6) is -0.542. The molecular formula is C16H20N4O2. The maximum atomic E-state index is 11.8. The third-order valence-corrected chi connectivity index (χ3v) is 3.49. The Morgan fingerprint density at radius 1 is 1.18 bits per heavy atom. The first kappa shape index (κ1) is 15.8. The lowest BCUT2D eigenvalue weighted by Gasteiger charge is -2.11. The number of hydrogen-bond donors (Lipinski definition) is 1. The average molecular weight is 300 g/mol. The van der Waals surface area contributed by atoms with Crippen molar-refractivity contribution in [3.8, 4) is 5.69 Å². The number of benzene rings is 1. The summed E-state index contributed by atoms with van der Waals surface area (Å²) in [6.45, 7) is 3.97. The molecule has 2 rings (SSSR count). The van der Waals surface area contributed by atoms with Gasteiger partial charge in [-0.25, -0.2) is 4.98 Å². The molecule has 0 aliphatic carbocycles. The van der Waals surface area contributed by atoms with Gasteiger partial charge in [0.05, 0.1) is 12.0 Å². The van der Waals surface area contributed by atoms with E-state index in [1.54, 1.807) is 20.4 Å². The zero-order valence-corrected chi connectivity index (χ0v) is 13.3. The summed E-state index contributed by atoms with van der Waals surface area (Å²) >= 11 is 0. The van der Waals surface area contributed by atoms with Crippen molar-refractivity contribution in [2.24, 2.45) is 0 Å². The average Bonchev–Trinajstić information content (AvgIpc) is 2.80. The van der Waals surface area contributed by atoms with E-state index in [-0.39, 0.29) is 18.2 Å². The molecule has 0 bridgehead atoms. The zero-order chi connectivity index (χ0) is 16.3. The van der Waals surface area contributed by atoms with E-state index in [0.717, 1.165) is 17.1 Å². The molecule has 1 aromatic carbocycles. The highest BCUT2D eigenvalue weighted by Gasteiger charge is 2.11. The molecule has 2 amide bonds. The van der Waals surface area contributed by atoms with Crippen molar-refractivity contribution in [3.05, 3.63) is 42.0 Å². The van der Waals surface area contributed by atoms with Crippen molar-refractivity contribution in [2.75, 3.05) is 19.4 Å². The number of carbonyl (C=O) groups excluding carboxylic acids is 2. The molecule has 1 heterocycles. The summed E-state index contributed by atoms with van der Waals surface area (Å²) in [7, 11) is 3.25. The van der Waals surface area contributed by atoms with Gasteiger partial charge in [0.25, 0.3) is 0 Å². The monoisotopic (exact) mass is 300 g/mol. The van der Waals surface area contributed by atoms with E-state index in [1.165, 1.54) is 4.90 Å². The normalized spacial score (nSPS) is 10.4. The topological polar surface area (TPSA) is 67.2 Å². The Morgan fingerprint density at radius 3 is 2.32 bits per heavy atom. The fourth-order valence-electron chi connectivity index (χ4n) is 1.97. The van der Waals surface area contributed by atoms with Crippen LogP contribution in [0, 0.1) is 13.8 Å². The van der Waals surface area contributed by atoms with Crippen LogP contribution in [0.2, 0.25) is 0 Å². The van der Waals surface area contributed by atoms with E-state index in [4.69, 9.17) is 0 Å². The maximum absolute atomic E-state index is 11.8. The summed E-state index contributed by atoms with van der Waals surface area (Å²) in [5, 5.41) is 2.71. The predicted octanol–water partition coefficient (Wildman–Crippen LogP) is 1.91. The molecule has 0 saturated heterocycles. The molecule has 116 valence electrons. The molecule has 0 fully saturated rings. The number of rotatable bonds is 4. The van der Waals surface area contributed by atoms with Gasteiger partial charge in [-0.1, -0.05) is 0 Å². The molecule has 22 heavy (non-hydrogen) atoms. The van der Waals surface area contributed by atoms with Crippen LogP contribution >= 0.6 is 0 Å². The van der Waals surface area contributed by atoms with Gasteiger partial charge in [0, 0.05) is 31.2 Å². The Labute approximate surface area is 129 Å². The summed E-state index contributed by atoms with van der Waals surface area (Å²) < 4.78 is 1.98. The minimum atomic E-state index is -0.318. The number of amides is 2. The Bertz CT molecular complexity index is 687. The minimum absolute atomic E-state index is 0.158. The molecule has 6 nitrogen and oxygen atoms in total. The highest BCUT2D eigenvalue weighted by atomic mass is 16.2. The first-order valence-corrected chi connectivity index (χ1v) is 6.99. The number of aromatic nitrogens is 2. The van der Waals surface area contributed by atoms with Crippen molar-refractivity contribution in [1.29, 1.82) is 0 Å². The van der Waals surface area contributed by atoms with Gasteiger partial charge in [0.1, 0.15) is 6.42 Å². The van der Waals surface area contributed by atoms with E-state index in [0.29, 0.717) is 5.69 Å². The Morgan fingerprint density at radius 2 is 1.82 bits per heavy atom. The summed E-state index contributed by atoms with van der Waals surface area (Å²) in [6, 6.07) is 7.42. The van der Waals surface area contributed by atoms with Crippen molar-refractivity contribution in [1.82, 2.24) is 14.5 Å². The zero-order valence-electron chi connectivity index (χ0n) is 13.3. The van der Waals surface area contributed by atoms with Gasteiger partial charge in [-0.3, -0.25) is 9.59 Å². The second-order valence-corrected chi connectivity index (χ2v) is 5.35. The Balaban J connectivity index is 2.05. The van der Waals surface area contributed by atoms with Crippen molar-refractivity contribution in [2.45, 2.75) is 20.3 Å². The van der Waals surface area contributed by atoms with Crippen LogP contribution in [0.1, 0.15) is 17.8 Å². The fourth-order valence-corrected chi connectivity index (χ4v) is 1.97. The van der Waals surface area contributed by atoms with E-state index in [1.807, 2.05) is 42.7 Å². The molecule has 2 aromatic rings. The number of imidazole rings is 1. The Hall–Kier alpha value is -2.63. The van der Waals surface area contributed by atoms with Crippen LogP contribution in [-0.2, 0) is 9.59 Å². The Kier molecular flexibility index (Phi) is 4.60. The lowest BCUT2D eigenvalue weighted by atomic mass is 10.2. The van der Waals surface area contributed by atoms with Gasteiger partial charge in [-0.15, -0.1) is 0 Å². The molecular weight excluding hydrogens is 280 g/mol. The van der Waals surface area contributed by atoms with Crippen molar-refractivity contribution < 1.29 is 9.59 Å². The van der Waals surface area contributed by atoms with Gasteiger partial charge in [-0.2, -0.15) is 0 Å². The summed E-state index contributed by atoms with van der Waals surface area (Å²) in [6.07, 6.45) is 1.61. The van der Waals surface area contributed by atoms with Crippen LogP contribution in [0.4, 0.5) is 5.69 Å². The third kappa shape index (κ3) is 3.52. The van der Waals surface area contributed by atoms with Gasteiger partial charge in [0.2, 0.25) is 11.8 Å². The van der Waals surface area contributed by atoms with Crippen LogP contribution in [0.15, 0.2) is 30.6 Å². The quantitative estimate of drug-likeness (QED) is 0.877. The van der Waals surface area contributed by atoms with Crippen LogP contribution in [-0.4, -0.2) is 40.4 Å². The maximum Gasteiger partial charge on any atom is 0.233 e. The van der Waals surface area contributed by atoms with Gasteiger partial charge < -0.3 is 14.8 Å². The first-order chi connectivity index (χ1) is 10.4.